The van der Waals surface area contributed by atoms with Crippen LogP contribution in [0.3, 0.4) is 0 Å². The molecule has 0 bridgehead atoms. The highest BCUT2D eigenvalue weighted by Crippen LogP contribution is 2.20. The van der Waals surface area contributed by atoms with Crippen LogP contribution in [0.4, 0.5) is 0 Å². The lowest BCUT2D eigenvalue weighted by Crippen LogP contribution is -2.52. The second kappa shape index (κ2) is 6.00. The third kappa shape index (κ3) is 4.73. The Bertz CT molecular complexity index is 282. The van der Waals surface area contributed by atoms with Gasteiger partial charge in [-0.1, -0.05) is 34.6 Å². The third-order valence-electron chi connectivity index (χ3n) is 2.80. The van der Waals surface area contributed by atoms with Gasteiger partial charge in [-0.15, -0.1) is 0 Å². The normalized spacial score (nSPS) is 15.5. The van der Waals surface area contributed by atoms with Crippen molar-refractivity contribution in [1.82, 2.24) is 5.32 Å². The molecule has 0 fully saturated rings. The van der Waals surface area contributed by atoms with Gasteiger partial charge in [-0.3, -0.25) is 4.79 Å². The largest absolute Gasteiger partial charge is 0.480 e. The SMILES string of the molecule is CC(C)C(CN)C(=O)N[C@@H](C(=O)O)C(C)(C)C. The van der Waals surface area contributed by atoms with Crippen LogP contribution < -0.4 is 11.1 Å². The molecule has 2 atom stereocenters. The van der Waals surface area contributed by atoms with E-state index in [9.17, 15) is 9.59 Å². The molecule has 0 aliphatic rings. The standard InChI is InChI=1S/C12H24N2O3/c1-7(2)8(6-13)10(15)14-9(11(16)17)12(3,4)5/h7-9H,6,13H2,1-5H3,(H,14,15)(H,16,17)/t8?,9-/m0/s1. The molecule has 100 valence electrons. The Morgan fingerprint density at radius 3 is 2.00 bits per heavy atom. The number of hydrogen-bond acceptors (Lipinski definition) is 3. The summed E-state index contributed by atoms with van der Waals surface area (Å²) < 4.78 is 0. The quantitative estimate of drug-likeness (QED) is 0.668. The molecule has 0 saturated heterocycles. The number of aliphatic carboxylic acids is 1. The Kier molecular flexibility index (Phi) is 5.61. The van der Waals surface area contributed by atoms with Gasteiger partial charge >= 0.3 is 5.97 Å². The van der Waals surface area contributed by atoms with Crippen molar-refractivity contribution in [2.75, 3.05) is 6.54 Å². The van der Waals surface area contributed by atoms with E-state index in [-0.39, 0.29) is 24.3 Å². The van der Waals surface area contributed by atoms with Crippen molar-refractivity contribution in [1.29, 1.82) is 0 Å². The van der Waals surface area contributed by atoms with Gasteiger partial charge in [0, 0.05) is 6.54 Å². The first-order valence-electron chi connectivity index (χ1n) is 5.84. The molecule has 0 aromatic rings. The van der Waals surface area contributed by atoms with E-state index < -0.39 is 17.4 Å². The van der Waals surface area contributed by atoms with Gasteiger partial charge in [-0.2, -0.15) is 0 Å². The number of carboxylic acid groups (broad SMARTS) is 1. The van der Waals surface area contributed by atoms with Gasteiger partial charge in [0.1, 0.15) is 6.04 Å². The van der Waals surface area contributed by atoms with Gasteiger partial charge in [0.15, 0.2) is 0 Å². The molecule has 0 aromatic heterocycles. The molecular formula is C12H24N2O3. The maximum atomic E-state index is 11.9. The van der Waals surface area contributed by atoms with Crippen LogP contribution in [0.2, 0.25) is 0 Å². The number of hydrogen-bond donors (Lipinski definition) is 3. The fourth-order valence-corrected chi connectivity index (χ4v) is 1.58. The summed E-state index contributed by atoms with van der Waals surface area (Å²) in [5, 5.41) is 11.7. The monoisotopic (exact) mass is 244 g/mol. The molecular weight excluding hydrogens is 220 g/mol. The number of nitrogens with two attached hydrogens (primary N) is 1. The predicted octanol–water partition coefficient (Wildman–Crippen LogP) is 0.833. The van der Waals surface area contributed by atoms with Gasteiger partial charge in [0.2, 0.25) is 5.91 Å². The van der Waals surface area contributed by atoms with Crippen LogP contribution in [-0.4, -0.2) is 29.6 Å². The highest BCUT2D eigenvalue weighted by Gasteiger charge is 2.34. The van der Waals surface area contributed by atoms with E-state index in [1.807, 2.05) is 13.8 Å². The van der Waals surface area contributed by atoms with E-state index in [4.69, 9.17) is 10.8 Å². The summed E-state index contributed by atoms with van der Waals surface area (Å²) in [6.07, 6.45) is 0. The molecule has 0 rings (SSSR count). The topological polar surface area (TPSA) is 92.4 Å². The number of carbonyl (C=O) groups is 2. The Morgan fingerprint density at radius 2 is 1.76 bits per heavy atom. The van der Waals surface area contributed by atoms with E-state index in [0.717, 1.165) is 0 Å². The van der Waals surface area contributed by atoms with Crippen molar-refractivity contribution in [2.45, 2.75) is 40.7 Å². The molecule has 17 heavy (non-hydrogen) atoms. The molecule has 0 saturated carbocycles. The first-order chi connectivity index (χ1) is 7.61. The lowest BCUT2D eigenvalue weighted by molar-refractivity contribution is -0.145. The van der Waals surface area contributed by atoms with Crippen molar-refractivity contribution in [3.8, 4) is 0 Å². The molecule has 0 aromatic carbocycles. The third-order valence-corrected chi connectivity index (χ3v) is 2.80. The lowest BCUT2D eigenvalue weighted by atomic mass is 9.85. The average molecular weight is 244 g/mol. The van der Waals surface area contributed by atoms with E-state index in [1.54, 1.807) is 20.8 Å². The Balaban J connectivity index is 4.79. The highest BCUT2D eigenvalue weighted by molar-refractivity contribution is 5.85. The molecule has 5 heteroatoms. The van der Waals surface area contributed by atoms with Crippen LogP contribution in [0.15, 0.2) is 0 Å². The van der Waals surface area contributed by atoms with E-state index >= 15 is 0 Å². The Morgan fingerprint density at radius 1 is 1.29 bits per heavy atom. The van der Waals surface area contributed by atoms with Crippen LogP contribution in [0.1, 0.15) is 34.6 Å². The average Bonchev–Trinajstić information content (AvgIpc) is 2.12. The van der Waals surface area contributed by atoms with Gasteiger partial charge < -0.3 is 16.2 Å². The van der Waals surface area contributed by atoms with Crippen molar-refractivity contribution in [3.63, 3.8) is 0 Å². The molecule has 0 radical (unpaired) electrons. The van der Waals surface area contributed by atoms with Gasteiger partial charge in [-0.05, 0) is 11.3 Å². The predicted molar refractivity (Wildman–Crippen MR) is 66.4 cm³/mol. The van der Waals surface area contributed by atoms with Gasteiger partial charge in [-0.25, -0.2) is 4.79 Å². The zero-order valence-corrected chi connectivity index (χ0v) is 11.3. The van der Waals surface area contributed by atoms with Crippen LogP contribution in [0, 0.1) is 17.3 Å². The maximum Gasteiger partial charge on any atom is 0.326 e. The number of carbonyl (C=O) groups excluding carboxylic acids is 1. The molecule has 0 aliphatic heterocycles. The molecule has 0 spiro atoms. The molecule has 1 unspecified atom stereocenters. The van der Waals surface area contributed by atoms with Crippen molar-refractivity contribution < 1.29 is 14.7 Å². The molecule has 1 amide bonds. The van der Waals surface area contributed by atoms with Gasteiger partial charge in [0.25, 0.3) is 0 Å². The molecule has 0 heterocycles. The maximum absolute atomic E-state index is 11.9. The second-order valence-corrected chi connectivity index (χ2v) is 5.73. The lowest BCUT2D eigenvalue weighted by Gasteiger charge is -2.30. The van der Waals surface area contributed by atoms with Crippen molar-refractivity contribution in [3.05, 3.63) is 0 Å². The van der Waals surface area contributed by atoms with Crippen molar-refractivity contribution >= 4 is 11.9 Å². The first kappa shape index (κ1) is 15.9. The number of nitrogens with one attached hydrogen (secondary N) is 1. The molecule has 5 nitrogen and oxygen atoms in total. The fraction of sp³-hybridized carbons (Fsp3) is 0.833. The van der Waals surface area contributed by atoms with E-state index in [2.05, 4.69) is 5.32 Å². The smallest absolute Gasteiger partial charge is 0.326 e. The number of carboxylic acids is 1. The summed E-state index contributed by atoms with van der Waals surface area (Å²) in [7, 11) is 0. The minimum Gasteiger partial charge on any atom is -0.480 e. The van der Waals surface area contributed by atoms with E-state index in [1.165, 1.54) is 0 Å². The Labute approximate surface area is 103 Å². The van der Waals surface area contributed by atoms with Crippen molar-refractivity contribution in [2.24, 2.45) is 23.0 Å². The summed E-state index contributed by atoms with van der Waals surface area (Å²) in [5.41, 5.74) is 5.00. The highest BCUT2D eigenvalue weighted by atomic mass is 16.4. The molecule has 0 aliphatic carbocycles. The second-order valence-electron chi connectivity index (χ2n) is 5.73. The first-order valence-corrected chi connectivity index (χ1v) is 5.84. The summed E-state index contributed by atoms with van der Waals surface area (Å²) >= 11 is 0. The Hall–Kier alpha value is -1.10. The number of rotatable bonds is 5. The zero-order valence-electron chi connectivity index (χ0n) is 11.3. The summed E-state index contributed by atoms with van der Waals surface area (Å²) in [6.45, 7) is 9.34. The zero-order chi connectivity index (χ0) is 13.8. The summed E-state index contributed by atoms with van der Waals surface area (Å²) in [4.78, 5) is 23.0. The molecule has 4 N–H and O–H groups in total. The number of amides is 1. The van der Waals surface area contributed by atoms with Crippen LogP contribution in [0.5, 0.6) is 0 Å². The van der Waals surface area contributed by atoms with E-state index in [0.29, 0.717) is 0 Å². The minimum atomic E-state index is -1.02. The van der Waals surface area contributed by atoms with Crippen LogP contribution >= 0.6 is 0 Å². The fourth-order valence-electron chi connectivity index (χ4n) is 1.58. The van der Waals surface area contributed by atoms with Crippen LogP contribution in [0.25, 0.3) is 0 Å². The van der Waals surface area contributed by atoms with Gasteiger partial charge in [0.05, 0.1) is 5.92 Å². The van der Waals surface area contributed by atoms with Crippen LogP contribution in [-0.2, 0) is 9.59 Å². The summed E-state index contributed by atoms with van der Waals surface area (Å²) in [6, 6.07) is -0.900. The summed E-state index contributed by atoms with van der Waals surface area (Å²) in [5.74, 6) is -1.57. The minimum absolute atomic E-state index is 0.0920.